The number of nitrogens with zero attached hydrogens (tertiary/aromatic N) is 1. The maximum absolute atomic E-state index is 12.9. The van der Waals surface area contributed by atoms with Crippen LogP contribution in [0.25, 0.3) is 0 Å². The van der Waals surface area contributed by atoms with Crippen LogP contribution < -0.4 is 10.1 Å². The highest BCUT2D eigenvalue weighted by atomic mass is 35.5. The molecule has 128 valence electrons. The number of amides is 1. The van der Waals surface area contributed by atoms with Gasteiger partial charge in [-0.3, -0.25) is 4.79 Å². The number of nitrogens with one attached hydrogen (secondary N) is 1. The van der Waals surface area contributed by atoms with Gasteiger partial charge < -0.3 is 15.0 Å². The summed E-state index contributed by atoms with van der Waals surface area (Å²) in [5, 5.41) is 4.17. The zero-order valence-electron chi connectivity index (χ0n) is 13.4. The zero-order valence-corrected chi connectivity index (χ0v) is 15.0. The molecule has 2 heterocycles. The summed E-state index contributed by atoms with van der Waals surface area (Å²) in [6.45, 7) is 4.23. The maximum atomic E-state index is 12.9. The second kappa shape index (κ2) is 8.22. The Morgan fingerprint density at radius 3 is 2.91 bits per heavy atom. The van der Waals surface area contributed by atoms with Crippen LogP contribution >= 0.6 is 24.0 Å². The number of ether oxygens (including phenoxy) is 1. The Balaban J connectivity index is 0.00000192. The molecule has 2 atom stereocenters. The second-order valence-electron chi connectivity index (χ2n) is 6.17. The lowest BCUT2D eigenvalue weighted by Crippen LogP contribution is -2.39. The maximum Gasteiger partial charge on any atom is 0.257 e. The quantitative estimate of drug-likeness (QED) is 0.895. The summed E-state index contributed by atoms with van der Waals surface area (Å²) in [4.78, 5) is 14.9. The number of halogens is 2. The fourth-order valence-corrected chi connectivity index (χ4v) is 3.48. The predicted octanol–water partition coefficient (Wildman–Crippen LogP) is 3.52. The summed E-state index contributed by atoms with van der Waals surface area (Å²) in [5.41, 5.74) is 0.582. The van der Waals surface area contributed by atoms with Crippen LogP contribution in [0, 0.1) is 0 Å². The minimum absolute atomic E-state index is 0. The lowest BCUT2D eigenvalue weighted by Gasteiger charge is -2.25. The lowest BCUT2D eigenvalue weighted by molar-refractivity contribution is 0.0743. The van der Waals surface area contributed by atoms with Crippen molar-refractivity contribution in [1.82, 2.24) is 10.2 Å². The van der Waals surface area contributed by atoms with Gasteiger partial charge in [0.1, 0.15) is 5.75 Å². The number of carbonyl (C=O) groups is 1. The third kappa shape index (κ3) is 4.31. The van der Waals surface area contributed by atoms with Gasteiger partial charge in [0, 0.05) is 30.2 Å². The van der Waals surface area contributed by atoms with E-state index in [0.29, 0.717) is 35.0 Å². The van der Waals surface area contributed by atoms with Crippen molar-refractivity contribution in [2.45, 2.75) is 44.7 Å². The highest BCUT2D eigenvalue weighted by molar-refractivity contribution is 6.31. The Kier molecular flexibility index (Phi) is 6.57. The van der Waals surface area contributed by atoms with E-state index in [2.05, 4.69) is 12.2 Å². The van der Waals surface area contributed by atoms with Crippen molar-refractivity contribution >= 4 is 29.9 Å². The third-order valence-electron chi connectivity index (χ3n) is 4.44. The largest absolute Gasteiger partial charge is 0.493 e. The van der Waals surface area contributed by atoms with Gasteiger partial charge in [-0.05, 0) is 43.9 Å². The molecule has 0 aliphatic carbocycles. The van der Waals surface area contributed by atoms with Crippen molar-refractivity contribution in [3.05, 3.63) is 28.8 Å². The number of hydrogen-bond donors (Lipinski definition) is 1. The molecule has 2 unspecified atom stereocenters. The van der Waals surface area contributed by atoms with Crippen LogP contribution in [0.2, 0.25) is 5.02 Å². The van der Waals surface area contributed by atoms with Gasteiger partial charge in [-0.15, -0.1) is 12.4 Å². The topological polar surface area (TPSA) is 41.6 Å². The number of benzene rings is 1. The van der Waals surface area contributed by atoms with E-state index in [4.69, 9.17) is 16.3 Å². The summed E-state index contributed by atoms with van der Waals surface area (Å²) in [7, 11) is 0. The summed E-state index contributed by atoms with van der Waals surface area (Å²) in [6, 6.07) is 6.29. The molecular weight excluding hydrogens is 335 g/mol. The first kappa shape index (κ1) is 18.4. The minimum Gasteiger partial charge on any atom is -0.493 e. The van der Waals surface area contributed by atoms with Gasteiger partial charge in [0.25, 0.3) is 5.91 Å². The molecule has 1 N–H and O–H groups in total. The molecule has 2 saturated heterocycles. The summed E-state index contributed by atoms with van der Waals surface area (Å²) in [5.74, 6) is 0.668. The number of rotatable bonds is 4. The van der Waals surface area contributed by atoms with Crippen LogP contribution in [0.1, 0.15) is 43.0 Å². The summed E-state index contributed by atoms with van der Waals surface area (Å²) < 4.78 is 5.72. The minimum atomic E-state index is 0. The highest BCUT2D eigenvalue weighted by Crippen LogP contribution is 2.27. The summed E-state index contributed by atoms with van der Waals surface area (Å²) in [6.07, 6.45) is 4.32. The van der Waals surface area contributed by atoms with E-state index in [9.17, 15) is 4.79 Å². The average Bonchev–Trinajstić information content (AvgIpc) is 2.84. The van der Waals surface area contributed by atoms with Gasteiger partial charge in [0.15, 0.2) is 0 Å². The molecule has 2 aliphatic heterocycles. The van der Waals surface area contributed by atoms with E-state index in [1.165, 1.54) is 6.42 Å². The molecular formula is C17H24Cl2N2O2. The first-order chi connectivity index (χ1) is 10.7. The molecule has 1 amide bonds. The molecule has 6 heteroatoms. The zero-order chi connectivity index (χ0) is 15.5. The van der Waals surface area contributed by atoms with Gasteiger partial charge in [-0.2, -0.15) is 0 Å². The first-order valence-corrected chi connectivity index (χ1v) is 8.53. The van der Waals surface area contributed by atoms with E-state index in [1.807, 2.05) is 4.90 Å². The summed E-state index contributed by atoms with van der Waals surface area (Å²) >= 11 is 6.09. The lowest BCUT2D eigenvalue weighted by atomic mass is 10.1. The Morgan fingerprint density at radius 1 is 1.35 bits per heavy atom. The first-order valence-electron chi connectivity index (χ1n) is 8.15. The van der Waals surface area contributed by atoms with Crippen molar-refractivity contribution < 1.29 is 9.53 Å². The van der Waals surface area contributed by atoms with Crippen molar-refractivity contribution in [2.75, 3.05) is 19.7 Å². The van der Waals surface area contributed by atoms with Crippen LogP contribution in [-0.4, -0.2) is 42.6 Å². The van der Waals surface area contributed by atoms with E-state index in [1.54, 1.807) is 18.2 Å². The van der Waals surface area contributed by atoms with Crippen molar-refractivity contribution in [3.8, 4) is 5.75 Å². The Labute approximate surface area is 148 Å². The van der Waals surface area contributed by atoms with Gasteiger partial charge in [-0.25, -0.2) is 0 Å². The molecule has 0 saturated carbocycles. The average molecular weight is 359 g/mol. The molecule has 0 radical (unpaired) electrons. The number of likely N-dealkylation sites (tertiary alicyclic amines) is 1. The van der Waals surface area contributed by atoms with Gasteiger partial charge in [0.05, 0.1) is 12.2 Å². The van der Waals surface area contributed by atoms with E-state index in [-0.39, 0.29) is 18.3 Å². The second-order valence-corrected chi connectivity index (χ2v) is 6.60. The van der Waals surface area contributed by atoms with E-state index < -0.39 is 0 Å². The fraction of sp³-hybridized carbons (Fsp3) is 0.588. The standard InChI is InChI=1S/C17H23ClN2O2.ClH/c1-2-9-22-16-6-3-12(18)10-15(16)17(21)20-8-7-13-4-5-14(11-20)19-13;/h3,6,10,13-14,19H,2,4-5,7-9,11H2,1H3;1H. The normalized spacial score (nSPS) is 23.1. The smallest absolute Gasteiger partial charge is 0.257 e. The van der Waals surface area contributed by atoms with Crippen LogP contribution in [0.3, 0.4) is 0 Å². The van der Waals surface area contributed by atoms with Crippen LogP contribution in [0.4, 0.5) is 0 Å². The Morgan fingerprint density at radius 2 is 2.13 bits per heavy atom. The SMILES string of the molecule is CCCOc1ccc(Cl)cc1C(=O)N1CCC2CCC(C1)N2.Cl. The van der Waals surface area contributed by atoms with Crippen LogP contribution in [0.15, 0.2) is 18.2 Å². The molecule has 1 aromatic carbocycles. The van der Waals surface area contributed by atoms with E-state index in [0.717, 1.165) is 32.4 Å². The van der Waals surface area contributed by atoms with Gasteiger partial charge in [0.2, 0.25) is 0 Å². The molecule has 2 aliphatic rings. The molecule has 1 aromatic rings. The van der Waals surface area contributed by atoms with Gasteiger partial charge in [-0.1, -0.05) is 18.5 Å². The molecule has 2 bridgehead atoms. The molecule has 4 nitrogen and oxygen atoms in total. The van der Waals surface area contributed by atoms with Crippen LogP contribution in [0.5, 0.6) is 5.75 Å². The molecule has 2 fully saturated rings. The fourth-order valence-electron chi connectivity index (χ4n) is 3.31. The molecule has 23 heavy (non-hydrogen) atoms. The monoisotopic (exact) mass is 358 g/mol. The number of hydrogen-bond acceptors (Lipinski definition) is 3. The molecule has 0 aromatic heterocycles. The predicted molar refractivity (Wildman–Crippen MR) is 95.0 cm³/mol. The molecule has 3 rings (SSSR count). The number of fused-ring (bicyclic) bond motifs is 2. The van der Waals surface area contributed by atoms with Crippen LogP contribution in [-0.2, 0) is 0 Å². The van der Waals surface area contributed by atoms with Gasteiger partial charge >= 0.3 is 0 Å². The van der Waals surface area contributed by atoms with Crippen molar-refractivity contribution in [3.63, 3.8) is 0 Å². The highest BCUT2D eigenvalue weighted by Gasteiger charge is 2.32. The molecule has 0 spiro atoms. The van der Waals surface area contributed by atoms with E-state index >= 15 is 0 Å². The Bertz CT molecular complexity index is 553. The number of carbonyl (C=O) groups excluding carboxylic acids is 1. The Hall–Kier alpha value is -0.970. The van der Waals surface area contributed by atoms with Crippen molar-refractivity contribution in [2.24, 2.45) is 0 Å². The van der Waals surface area contributed by atoms with Crippen molar-refractivity contribution in [1.29, 1.82) is 0 Å². The third-order valence-corrected chi connectivity index (χ3v) is 4.68.